The van der Waals surface area contributed by atoms with Gasteiger partial charge in [-0.2, -0.15) is 5.10 Å². The maximum Gasteiger partial charge on any atom is 0.287 e. The molecular formula is C23H20FN3O4. The Morgan fingerprint density at radius 1 is 1.03 bits per heavy atom. The SMILES string of the molecule is COc1ccc(-n2ccc(CNC(=O)c3ccc(COc4ccc(F)cc4)o3)n2)cc1. The highest BCUT2D eigenvalue weighted by Gasteiger charge is 2.12. The first-order valence-corrected chi connectivity index (χ1v) is 9.55. The van der Waals surface area contributed by atoms with Crippen molar-refractivity contribution < 1.29 is 23.1 Å². The molecule has 8 heteroatoms. The van der Waals surface area contributed by atoms with Gasteiger partial charge in [-0.1, -0.05) is 0 Å². The normalized spacial score (nSPS) is 10.6. The number of aromatic nitrogens is 2. The average Bonchev–Trinajstić information content (AvgIpc) is 3.47. The molecule has 31 heavy (non-hydrogen) atoms. The number of amides is 1. The molecule has 2 heterocycles. The molecule has 7 nitrogen and oxygen atoms in total. The summed E-state index contributed by atoms with van der Waals surface area (Å²) in [6, 6.07) is 18.2. The summed E-state index contributed by atoms with van der Waals surface area (Å²) in [4.78, 5) is 12.4. The van der Waals surface area contributed by atoms with E-state index in [0.717, 1.165) is 11.4 Å². The first-order chi connectivity index (χ1) is 15.1. The Bertz CT molecular complexity index is 1150. The molecule has 2 aromatic carbocycles. The number of hydrogen-bond acceptors (Lipinski definition) is 5. The Morgan fingerprint density at radius 3 is 2.52 bits per heavy atom. The number of carbonyl (C=O) groups is 1. The Hall–Kier alpha value is -4.07. The van der Waals surface area contributed by atoms with Crippen molar-refractivity contribution in [2.45, 2.75) is 13.2 Å². The van der Waals surface area contributed by atoms with E-state index in [1.807, 2.05) is 36.5 Å². The molecule has 158 valence electrons. The van der Waals surface area contributed by atoms with E-state index in [1.54, 1.807) is 23.9 Å². The molecule has 0 radical (unpaired) electrons. The van der Waals surface area contributed by atoms with Gasteiger partial charge in [0.25, 0.3) is 5.91 Å². The summed E-state index contributed by atoms with van der Waals surface area (Å²) in [5, 5.41) is 7.24. The van der Waals surface area contributed by atoms with Crippen LogP contribution in [0.15, 0.2) is 77.3 Å². The lowest BCUT2D eigenvalue weighted by Gasteiger charge is -2.04. The quantitative estimate of drug-likeness (QED) is 0.463. The van der Waals surface area contributed by atoms with Gasteiger partial charge >= 0.3 is 0 Å². The van der Waals surface area contributed by atoms with Gasteiger partial charge in [-0.05, 0) is 66.7 Å². The lowest BCUT2D eigenvalue weighted by Crippen LogP contribution is -2.22. The fourth-order valence-corrected chi connectivity index (χ4v) is 2.86. The molecule has 0 aliphatic carbocycles. The van der Waals surface area contributed by atoms with Crippen LogP contribution < -0.4 is 14.8 Å². The van der Waals surface area contributed by atoms with Crippen molar-refractivity contribution in [3.8, 4) is 17.2 Å². The predicted octanol–water partition coefficient (Wildman–Crippen LogP) is 4.12. The van der Waals surface area contributed by atoms with Gasteiger partial charge in [0.1, 0.15) is 29.7 Å². The van der Waals surface area contributed by atoms with E-state index in [-0.39, 0.29) is 30.6 Å². The molecule has 2 aromatic heterocycles. The smallest absolute Gasteiger partial charge is 0.287 e. The number of halogens is 1. The van der Waals surface area contributed by atoms with E-state index in [9.17, 15) is 9.18 Å². The summed E-state index contributed by atoms with van der Waals surface area (Å²) < 4.78 is 30.8. The van der Waals surface area contributed by atoms with E-state index in [2.05, 4.69) is 10.4 Å². The predicted molar refractivity (Wildman–Crippen MR) is 111 cm³/mol. The zero-order chi connectivity index (χ0) is 21.6. The van der Waals surface area contributed by atoms with Gasteiger partial charge in [0.05, 0.1) is 25.0 Å². The molecule has 0 bridgehead atoms. The Balaban J connectivity index is 1.30. The number of nitrogens with one attached hydrogen (secondary N) is 1. The molecule has 4 aromatic rings. The maximum absolute atomic E-state index is 12.9. The van der Waals surface area contributed by atoms with E-state index in [1.165, 1.54) is 24.3 Å². The van der Waals surface area contributed by atoms with Crippen molar-refractivity contribution in [3.63, 3.8) is 0 Å². The van der Waals surface area contributed by atoms with Crippen molar-refractivity contribution in [1.29, 1.82) is 0 Å². The highest BCUT2D eigenvalue weighted by atomic mass is 19.1. The second-order valence-corrected chi connectivity index (χ2v) is 6.64. The third-order valence-corrected chi connectivity index (χ3v) is 4.49. The fraction of sp³-hybridized carbons (Fsp3) is 0.130. The second kappa shape index (κ2) is 9.17. The number of carbonyl (C=O) groups excluding carboxylic acids is 1. The van der Waals surface area contributed by atoms with E-state index in [4.69, 9.17) is 13.9 Å². The number of ether oxygens (including phenoxy) is 2. The Kier molecular flexibility index (Phi) is 5.98. The Labute approximate surface area is 178 Å². The van der Waals surface area contributed by atoms with Crippen molar-refractivity contribution in [2.24, 2.45) is 0 Å². The molecule has 0 unspecified atom stereocenters. The molecule has 4 rings (SSSR count). The monoisotopic (exact) mass is 421 g/mol. The third kappa shape index (κ3) is 5.11. The van der Waals surface area contributed by atoms with Crippen LogP contribution in [0.25, 0.3) is 5.69 Å². The lowest BCUT2D eigenvalue weighted by atomic mass is 10.3. The average molecular weight is 421 g/mol. The van der Waals surface area contributed by atoms with Crippen LogP contribution in [0.5, 0.6) is 11.5 Å². The van der Waals surface area contributed by atoms with Gasteiger partial charge in [-0.3, -0.25) is 4.79 Å². The zero-order valence-electron chi connectivity index (χ0n) is 16.7. The molecule has 1 N–H and O–H groups in total. The molecule has 0 spiro atoms. The number of nitrogens with zero attached hydrogens (tertiary/aromatic N) is 2. The van der Waals surface area contributed by atoms with Crippen molar-refractivity contribution in [1.82, 2.24) is 15.1 Å². The van der Waals surface area contributed by atoms with Crippen LogP contribution in [-0.4, -0.2) is 22.8 Å². The molecule has 0 aliphatic rings. The first-order valence-electron chi connectivity index (χ1n) is 9.55. The number of hydrogen-bond donors (Lipinski definition) is 1. The summed E-state index contributed by atoms with van der Waals surface area (Å²) in [6.07, 6.45) is 1.82. The summed E-state index contributed by atoms with van der Waals surface area (Å²) in [5.41, 5.74) is 1.59. The number of methoxy groups -OCH3 is 1. The van der Waals surface area contributed by atoms with Gasteiger partial charge in [0, 0.05) is 6.20 Å². The van der Waals surface area contributed by atoms with Gasteiger partial charge < -0.3 is 19.2 Å². The highest BCUT2D eigenvalue weighted by Crippen LogP contribution is 2.16. The number of rotatable bonds is 8. The largest absolute Gasteiger partial charge is 0.497 e. The molecule has 1 amide bonds. The summed E-state index contributed by atoms with van der Waals surface area (Å²) in [6.45, 7) is 0.384. The molecule has 0 saturated heterocycles. The van der Waals surface area contributed by atoms with Crippen LogP contribution in [0.4, 0.5) is 4.39 Å². The van der Waals surface area contributed by atoms with Gasteiger partial charge in [0.2, 0.25) is 0 Å². The third-order valence-electron chi connectivity index (χ3n) is 4.49. The van der Waals surface area contributed by atoms with Crippen molar-refractivity contribution in [2.75, 3.05) is 7.11 Å². The first kappa shape index (κ1) is 20.2. The maximum atomic E-state index is 12.9. The summed E-state index contributed by atoms with van der Waals surface area (Å²) in [7, 11) is 1.62. The van der Waals surface area contributed by atoms with Gasteiger partial charge in [0.15, 0.2) is 5.76 Å². The molecule has 0 aliphatic heterocycles. The fourth-order valence-electron chi connectivity index (χ4n) is 2.86. The minimum Gasteiger partial charge on any atom is -0.497 e. The van der Waals surface area contributed by atoms with Crippen LogP contribution in [0.1, 0.15) is 22.0 Å². The van der Waals surface area contributed by atoms with Crippen LogP contribution in [0, 0.1) is 5.82 Å². The number of benzene rings is 2. The van der Waals surface area contributed by atoms with Gasteiger partial charge in [-0.15, -0.1) is 0 Å². The van der Waals surface area contributed by atoms with Gasteiger partial charge in [-0.25, -0.2) is 9.07 Å². The van der Waals surface area contributed by atoms with Crippen LogP contribution in [-0.2, 0) is 13.2 Å². The van der Waals surface area contributed by atoms with Crippen LogP contribution in [0.2, 0.25) is 0 Å². The van der Waals surface area contributed by atoms with E-state index >= 15 is 0 Å². The standard InChI is InChI=1S/C23H20FN3O4/c1-29-19-8-4-18(5-9-19)27-13-12-17(26-27)14-25-23(28)22-11-10-21(31-22)15-30-20-6-2-16(24)3-7-20/h2-13H,14-15H2,1H3,(H,25,28). The summed E-state index contributed by atoms with van der Waals surface area (Å²) in [5.74, 6) is 1.25. The van der Waals surface area contributed by atoms with Crippen molar-refractivity contribution in [3.05, 3.63) is 96.0 Å². The molecule has 0 saturated carbocycles. The zero-order valence-corrected chi connectivity index (χ0v) is 16.7. The molecule has 0 fully saturated rings. The van der Waals surface area contributed by atoms with Crippen LogP contribution in [0.3, 0.4) is 0 Å². The second-order valence-electron chi connectivity index (χ2n) is 6.64. The molecular weight excluding hydrogens is 401 g/mol. The van der Waals surface area contributed by atoms with Crippen molar-refractivity contribution >= 4 is 5.91 Å². The van der Waals surface area contributed by atoms with Crippen LogP contribution >= 0.6 is 0 Å². The van der Waals surface area contributed by atoms with E-state index in [0.29, 0.717) is 17.2 Å². The minimum atomic E-state index is -0.355. The summed E-state index contributed by atoms with van der Waals surface area (Å²) >= 11 is 0. The minimum absolute atomic E-state index is 0.130. The number of furan rings is 1. The lowest BCUT2D eigenvalue weighted by molar-refractivity contribution is 0.0918. The topological polar surface area (TPSA) is 78.5 Å². The molecule has 0 atom stereocenters. The van der Waals surface area contributed by atoms with E-state index < -0.39 is 0 Å². The highest BCUT2D eigenvalue weighted by molar-refractivity contribution is 5.91. The Morgan fingerprint density at radius 2 is 1.77 bits per heavy atom.